The van der Waals surface area contributed by atoms with E-state index in [1.54, 1.807) is 5.57 Å². The fourth-order valence-electron chi connectivity index (χ4n) is 4.23. The van der Waals surface area contributed by atoms with E-state index in [0.29, 0.717) is 11.2 Å². The molecule has 70 valence electrons. The van der Waals surface area contributed by atoms with Crippen LogP contribution in [0, 0.1) is 10.8 Å². The first kappa shape index (κ1) is 7.78. The van der Waals surface area contributed by atoms with Crippen molar-refractivity contribution in [3.05, 3.63) is 11.1 Å². The predicted molar refractivity (Wildman–Crippen MR) is 51.3 cm³/mol. The molecule has 0 N–H and O–H groups in total. The molecule has 0 radical (unpaired) electrons. The molecular weight excluding hydrogens is 160 g/mol. The first-order chi connectivity index (χ1) is 6.13. The molecule has 0 bridgehead atoms. The van der Waals surface area contributed by atoms with Gasteiger partial charge in [0.05, 0.1) is 5.41 Å². The standard InChI is InChI=1S/C12H16O/c1-8-9-4-3-6-12(9)7-5-10(13)11(8,12)2/h3-7H2,1-2H3. The molecule has 2 unspecified atom stereocenters. The maximum absolute atomic E-state index is 11.9. The first-order valence-corrected chi connectivity index (χ1v) is 5.37. The number of allylic oxidation sites excluding steroid dienone is 2. The molecule has 0 aliphatic heterocycles. The number of rotatable bonds is 0. The van der Waals surface area contributed by atoms with Crippen LogP contribution in [-0.4, -0.2) is 5.78 Å². The highest BCUT2D eigenvalue weighted by molar-refractivity contribution is 5.94. The van der Waals surface area contributed by atoms with Crippen molar-refractivity contribution in [1.29, 1.82) is 0 Å². The third kappa shape index (κ3) is 0.536. The molecule has 0 amide bonds. The van der Waals surface area contributed by atoms with Gasteiger partial charge in [0.2, 0.25) is 0 Å². The molecule has 0 aromatic rings. The van der Waals surface area contributed by atoms with Crippen molar-refractivity contribution in [2.75, 3.05) is 0 Å². The fourth-order valence-corrected chi connectivity index (χ4v) is 4.23. The summed E-state index contributed by atoms with van der Waals surface area (Å²) in [5.74, 6) is 0.510. The van der Waals surface area contributed by atoms with E-state index < -0.39 is 0 Å². The predicted octanol–water partition coefficient (Wildman–Crippen LogP) is 2.86. The van der Waals surface area contributed by atoms with Crippen molar-refractivity contribution in [3.63, 3.8) is 0 Å². The Balaban J connectivity index is 2.22. The largest absolute Gasteiger partial charge is 0.299 e. The van der Waals surface area contributed by atoms with Gasteiger partial charge in [-0.2, -0.15) is 0 Å². The maximum Gasteiger partial charge on any atom is 0.143 e. The van der Waals surface area contributed by atoms with E-state index in [1.165, 1.54) is 24.8 Å². The van der Waals surface area contributed by atoms with Crippen molar-refractivity contribution in [2.45, 2.75) is 46.0 Å². The minimum atomic E-state index is -0.0289. The molecule has 2 saturated carbocycles. The zero-order chi connectivity index (χ0) is 9.27. The minimum absolute atomic E-state index is 0.0289. The smallest absolute Gasteiger partial charge is 0.143 e. The summed E-state index contributed by atoms with van der Waals surface area (Å²) in [4.78, 5) is 11.9. The van der Waals surface area contributed by atoms with Crippen molar-refractivity contribution in [1.82, 2.24) is 0 Å². The second-order valence-corrected chi connectivity index (χ2v) is 5.09. The number of hydrogen-bond acceptors (Lipinski definition) is 1. The molecule has 0 aromatic heterocycles. The Morgan fingerprint density at radius 3 is 2.77 bits per heavy atom. The van der Waals surface area contributed by atoms with Crippen LogP contribution < -0.4 is 0 Å². The molecule has 1 nitrogen and oxygen atoms in total. The number of carbonyl (C=O) groups is 1. The van der Waals surface area contributed by atoms with E-state index in [-0.39, 0.29) is 5.41 Å². The molecule has 0 aromatic carbocycles. The van der Waals surface area contributed by atoms with Gasteiger partial charge in [0.25, 0.3) is 0 Å². The average molecular weight is 176 g/mol. The number of ketones is 1. The molecule has 0 saturated heterocycles. The van der Waals surface area contributed by atoms with Crippen LogP contribution in [0.3, 0.4) is 0 Å². The van der Waals surface area contributed by atoms with Gasteiger partial charge in [-0.15, -0.1) is 0 Å². The van der Waals surface area contributed by atoms with E-state index in [4.69, 9.17) is 0 Å². The topological polar surface area (TPSA) is 17.1 Å². The monoisotopic (exact) mass is 176 g/mol. The lowest BCUT2D eigenvalue weighted by molar-refractivity contribution is -0.127. The number of carbonyl (C=O) groups excluding carboxylic acids is 1. The zero-order valence-electron chi connectivity index (χ0n) is 8.44. The molecule has 13 heavy (non-hydrogen) atoms. The summed E-state index contributed by atoms with van der Waals surface area (Å²) < 4.78 is 0. The second-order valence-electron chi connectivity index (χ2n) is 5.09. The molecule has 3 rings (SSSR count). The lowest BCUT2D eigenvalue weighted by Crippen LogP contribution is -2.48. The Morgan fingerprint density at radius 1 is 1.23 bits per heavy atom. The third-order valence-electron chi connectivity index (χ3n) is 5.10. The van der Waals surface area contributed by atoms with Crippen LogP contribution in [-0.2, 0) is 4.79 Å². The van der Waals surface area contributed by atoms with Crippen LogP contribution in [0.1, 0.15) is 46.0 Å². The van der Waals surface area contributed by atoms with E-state index in [1.807, 2.05) is 0 Å². The Bertz CT molecular complexity index is 339. The van der Waals surface area contributed by atoms with E-state index >= 15 is 0 Å². The Labute approximate surface area is 79.2 Å². The Kier molecular flexibility index (Phi) is 1.15. The Morgan fingerprint density at radius 2 is 2.00 bits per heavy atom. The summed E-state index contributed by atoms with van der Waals surface area (Å²) in [5, 5.41) is 0. The van der Waals surface area contributed by atoms with Gasteiger partial charge in [0.1, 0.15) is 5.78 Å². The van der Waals surface area contributed by atoms with Crippen LogP contribution in [0.25, 0.3) is 0 Å². The SMILES string of the molecule is CC1=C2CCCC23CCC(=O)C13C. The lowest BCUT2D eigenvalue weighted by atomic mass is 9.50. The van der Waals surface area contributed by atoms with Gasteiger partial charge in [-0.25, -0.2) is 0 Å². The molecular formula is C12H16O. The van der Waals surface area contributed by atoms with Gasteiger partial charge in [-0.1, -0.05) is 11.1 Å². The van der Waals surface area contributed by atoms with Crippen molar-refractivity contribution >= 4 is 5.78 Å². The molecule has 1 spiro atoms. The van der Waals surface area contributed by atoms with Crippen LogP contribution in [0.2, 0.25) is 0 Å². The summed E-state index contributed by atoms with van der Waals surface area (Å²) in [6, 6.07) is 0. The number of hydrogen-bond donors (Lipinski definition) is 0. The summed E-state index contributed by atoms with van der Waals surface area (Å²) in [6.07, 6.45) is 5.85. The molecule has 2 atom stereocenters. The van der Waals surface area contributed by atoms with Gasteiger partial charge in [-0.05, 0) is 39.5 Å². The minimum Gasteiger partial charge on any atom is -0.299 e. The van der Waals surface area contributed by atoms with Gasteiger partial charge >= 0.3 is 0 Å². The van der Waals surface area contributed by atoms with Crippen LogP contribution in [0.5, 0.6) is 0 Å². The Hall–Kier alpha value is -0.590. The normalized spacial score (nSPS) is 47.7. The van der Waals surface area contributed by atoms with Crippen molar-refractivity contribution in [2.24, 2.45) is 10.8 Å². The van der Waals surface area contributed by atoms with Gasteiger partial charge in [-0.3, -0.25) is 4.79 Å². The van der Waals surface area contributed by atoms with Crippen LogP contribution in [0.4, 0.5) is 0 Å². The van der Waals surface area contributed by atoms with Gasteiger partial charge in [0.15, 0.2) is 0 Å². The zero-order valence-corrected chi connectivity index (χ0v) is 8.44. The quantitative estimate of drug-likeness (QED) is 0.519. The highest BCUT2D eigenvalue weighted by atomic mass is 16.1. The van der Waals surface area contributed by atoms with E-state index in [0.717, 1.165) is 12.8 Å². The molecule has 1 heteroatoms. The fraction of sp³-hybridized carbons (Fsp3) is 0.750. The van der Waals surface area contributed by atoms with Gasteiger partial charge in [0, 0.05) is 11.8 Å². The number of Topliss-reactive ketones (excluding diaryl/α,β-unsaturated/α-hetero) is 1. The van der Waals surface area contributed by atoms with E-state index in [9.17, 15) is 4.79 Å². The van der Waals surface area contributed by atoms with Crippen molar-refractivity contribution in [3.8, 4) is 0 Å². The first-order valence-electron chi connectivity index (χ1n) is 5.37. The van der Waals surface area contributed by atoms with Crippen LogP contribution in [0.15, 0.2) is 11.1 Å². The van der Waals surface area contributed by atoms with Crippen LogP contribution >= 0.6 is 0 Å². The van der Waals surface area contributed by atoms with Crippen molar-refractivity contribution < 1.29 is 4.79 Å². The highest BCUT2D eigenvalue weighted by Gasteiger charge is 2.67. The summed E-state index contributed by atoms with van der Waals surface area (Å²) in [6.45, 7) is 4.37. The highest BCUT2D eigenvalue weighted by Crippen LogP contribution is 2.73. The molecule has 2 fully saturated rings. The summed E-state index contributed by atoms with van der Waals surface area (Å²) in [5.41, 5.74) is 3.40. The summed E-state index contributed by atoms with van der Waals surface area (Å²) in [7, 11) is 0. The maximum atomic E-state index is 11.9. The third-order valence-corrected chi connectivity index (χ3v) is 5.10. The summed E-state index contributed by atoms with van der Waals surface area (Å²) >= 11 is 0. The molecule has 3 aliphatic carbocycles. The molecule has 0 heterocycles. The lowest BCUT2D eigenvalue weighted by Gasteiger charge is -2.52. The van der Waals surface area contributed by atoms with E-state index in [2.05, 4.69) is 13.8 Å². The average Bonchev–Trinajstić information content (AvgIpc) is 2.62. The van der Waals surface area contributed by atoms with Gasteiger partial charge < -0.3 is 0 Å². The second kappa shape index (κ2) is 1.92. The molecule has 3 aliphatic rings.